The van der Waals surface area contributed by atoms with Gasteiger partial charge < -0.3 is 4.74 Å². The summed E-state index contributed by atoms with van der Waals surface area (Å²) in [6.07, 6.45) is 6.74. The van der Waals surface area contributed by atoms with Gasteiger partial charge in [-0.05, 0) is 37.0 Å². The average molecular weight is 224 g/mol. The Bertz CT molecular complexity index is 280. The van der Waals surface area contributed by atoms with Gasteiger partial charge in [-0.15, -0.1) is 0 Å². The van der Waals surface area contributed by atoms with Crippen molar-refractivity contribution in [3.63, 3.8) is 0 Å². The fourth-order valence-corrected chi connectivity index (χ4v) is 3.19. The van der Waals surface area contributed by atoms with Crippen LogP contribution in [0.3, 0.4) is 0 Å². The number of hydrogen-bond donors (Lipinski definition) is 0. The summed E-state index contributed by atoms with van der Waals surface area (Å²) >= 11 is 0. The van der Waals surface area contributed by atoms with Gasteiger partial charge in [0.05, 0.1) is 0 Å². The molecule has 1 saturated heterocycles. The lowest BCUT2D eigenvalue weighted by molar-refractivity contribution is -0.188. The summed E-state index contributed by atoms with van der Waals surface area (Å²) in [7, 11) is 0. The van der Waals surface area contributed by atoms with Crippen molar-refractivity contribution in [3.8, 4) is 0 Å². The Morgan fingerprint density at radius 3 is 2.00 bits per heavy atom. The van der Waals surface area contributed by atoms with Gasteiger partial charge in [-0.2, -0.15) is 0 Å². The number of ether oxygens (including phenoxy) is 1. The van der Waals surface area contributed by atoms with E-state index in [1.165, 1.54) is 12.8 Å². The molecule has 16 heavy (non-hydrogen) atoms. The molecule has 0 aromatic rings. The van der Waals surface area contributed by atoms with Crippen LogP contribution in [0.15, 0.2) is 0 Å². The topological polar surface area (TPSA) is 43.4 Å². The van der Waals surface area contributed by atoms with Crippen molar-refractivity contribution < 1.29 is 14.3 Å². The van der Waals surface area contributed by atoms with Crippen LogP contribution in [-0.2, 0) is 14.3 Å². The van der Waals surface area contributed by atoms with E-state index in [2.05, 4.69) is 18.6 Å². The van der Waals surface area contributed by atoms with Gasteiger partial charge in [0.1, 0.15) is 0 Å². The lowest BCUT2D eigenvalue weighted by Crippen LogP contribution is -2.47. The van der Waals surface area contributed by atoms with Crippen molar-refractivity contribution in [3.05, 3.63) is 0 Å². The Labute approximate surface area is 96.5 Å². The van der Waals surface area contributed by atoms with E-state index < -0.39 is 5.92 Å². The highest BCUT2D eigenvalue weighted by Crippen LogP contribution is 2.47. The Balaban J connectivity index is 1.94. The molecule has 3 nitrogen and oxygen atoms in total. The van der Waals surface area contributed by atoms with Crippen LogP contribution in [0.1, 0.15) is 52.4 Å². The second-order valence-electron chi connectivity index (χ2n) is 5.26. The first-order chi connectivity index (χ1) is 7.62. The van der Waals surface area contributed by atoms with Gasteiger partial charge in [0.25, 0.3) is 0 Å². The third-order valence-corrected chi connectivity index (χ3v) is 4.77. The van der Waals surface area contributed by atoms with E-state index >= 15 is 0 Å². The average Bonchev–Trinajstić information content (AvgIpc) is 2.30. The molecule has 3 heteroatoms. The molecule has 0 atom stereocenters. The molecular weight excluding hydrogens is 204 g/mol. The van der Waals surface area contributed by atoms with E-state index in [4.69, 9.17) is 0 Å². The Kier molecular flexibility index (Phi) is 3.04. The zero-order chi connectivity index (χ0) is 11.8. The maximum atomic E-state index is 11.2. The van der Waals surface area contributed by atoms with Gasteiger partial charge in [-0.3, -0.25) is 9.59 Å². The molecule has 90 valence electrons. The van der Waals surface area contributed by atoms with Gasteiger partial charge in [0.2, 0.25) is 0 Å². The van der Waals surface area contributed by atoms with Crippen LogP contribution in [0.25, 0.3) is 0 Å². The van der Waals surface area contributed by atoms with Crippen molar-refractivity contribution in [2.75, 3.05) is 0 Å². The first-order valence-electron chi connectivity index (χ1n) is 6.37. The molecule has 0 bridgehead atoms. The molecule has 0 N–H and O–H groups in total. The zero-order valence-corrected chi connectivity index (χ0v) is 10.1. The number of hydrogen-bond acceptors (Lipinski definition) is 3. The molecule has 0 unspecified atom stereocenters. The van der Waals surface area contributed by atoms with E-state index in [9.17, 15) is 9.59 Å². The molecule has 0 aromatic heterocycles. The third-order valence-electron chi connectivity index (χ3n) is 4.77. The van der Waals surface area contributed by atoms with Gasteiger partial charge >= 0.3 is 11.9 Å². The number of carbonyl (C=O) groups is 2. The molecule has 1 aliphatic heterocycles. The van der Waals surface area contributed by atoms with Crippen LogP contribution in [0.5, 0.6) is 0 Å². The predicted octanol–water partition coefficient (Wildman–Crippen LogP) is 2.68. The first kappa shape index (κ1) is 11.6. The van der Waals surface area contributed by atoms with E-state index in [-0.39, 0.29) is 17.9 Å². The summed E-state index contributed by atoms with van der Waals surface area (Å²) in [4.78, 5) is 22.4. The van der Waals surface area contributed by atoms with E-state index in [1.54, 1.807) is 0 Å². The van der Waals surface area contributed by atoms with Gasteiger partial charge in [0.15, 0.2) is 5.92 Å². The summed E-state index contributed by atoms with van der Waals surface area (Å²) in [5.41, 5.74) is 0.465. The van der Waals surface area contributed by atoms with Crippen LogP contribution in [0.4, 0.5) is 0 Å². The Hall–Kier alpha value is -0.860. The smallest absolute Gasteiger partial charge is 0.328 e. The lowest BCUT2D eigenvalue weighted by Gasteiger charge is -2.41. The van der Waals surface area contributed by atoms with Gasteiger partial charge in [0, 0.05) is 0 Å². The maximum Gasteiger partial charge on any atom is 0.328 e. The number of esters is 2. The lowest BCUT2D eigenvalue weighted by atomic mass is 9.64. The molecule has 1 saturated carbocycles. The SMILES string of the molecule is CCC1(CC)CCC(C2C(=O)OC2=O)CC1. The molecule has 2 rings (SSSR count). The van der Waals surface area contributed by atoms with Gasteiger partial charge in [-0.1, -0.05) is 26.7 Å². The fraction of sp³-hybridized carbons (Fsp3) is 0.846. The molecule has 2 fully saturated rings. The van der Waals surface area contributed by atoms with Crippen LogP contribution >= 0.6 is 0 Å². The second kappa shape index (κ2) is 4.19. The largest absolute Gasteiger partial charge is 0.392 e. The fourth-order valence-electron chi connectivity index (χ4n) is 3.19. The molecule has 0 spiro atoms. The monoisotopic (exact) mass is 224 g/mol. The standard InChI is InChI=1S/C13H20O3/c1-3-13(4-2)7-5-9(6-8-13)10-11(14)16-12(10)15/h9-10H,3-8H2,1-2H3. The number of cyclic esters (lactones) is 2. The highest BCUT2D eigenvalue weighted by atomic mass is 16.6. The van der Waals surface area contributed by atoms with Crippen LogP contribution in [-0.4, -0.2) is 11.9 Å². The Morgan fingerprint density at radius 1 is 1.12 bits per heavy atom. The first-order valence-corrected chi connectivity index (χ1v) is 6.37. The molecule has 0 radical (unpaired) electrons. The van der Waals surface area contributed by atoms with Crippen LogP contribution < -0.4 is 0 Å². The van der Waals surface area contributed by atoms with Crippen LogP contribution in [0.2, 0.25) is 0 Å². The minimum absolute atomic E-state index is 0.250. The van der Waals surface area contributed by atoms with Crippen LogP contribution in [0, 0.1) is 17.3 Å². The quantitative estimate of drug-likeness (QED) is 0.547. The number of carbonyl (C=O) groups excluding carboxylic acids is 2. The zero-order valence-electron chi connectivity index (χ0n) is 10.1. The van der Waals surface area contributed by atoms with Crippen molar-refractivity contribution >= 4 is 11.9 Å². The van der Waals surface area contributed by atoms with Gasteiger partial charge in [-0.25, -0.2) is 0 Å². The molecular formula is C13H20O3. The molecule has 2 aliphatic rings. The molecule has 1 heterocycles. The third kappa shape index (κ3) is 1.76. The Morgan fingerprint density at radius 2 is 1.62 bits per heavy atom. The van der Waals surface area contributed by atoms with Crippen molar-refractivity contribution in [2.45, 2.75) is 52.4 Å². The predicted molar refractivity (Wildman–Crippen MR) is 59.6 cm³/mol. The number of rotatable bonds is 3. The van der Waals surface area contributed by atoms with E-state index in [0.29, 0.717) is 5.41 Å². The molecule has 0 aromatic carbocycles. The summed E-state index contributed by atoms with van der Waals surface area (Å²) in [6.45, 7) is 4.49. The summed E-state index contributed by atoms with van der Waals surface area (Å²) in [6, 6.07) is 0. The van der Waals surface area contributed by atoms with Crippen molar-refractivity contribution in [2.24, 2.45) is 17.3 Å². The van der Waals surface area contributed by atoms with E-state index in [0.717, 1.165) is 25.7 Å². The summed E-state index contributed by atoms with van der Waals surface area (Å²) < 4.78 is 4.43. The summed E-state index contributed by atoms with van der Waals surface area (Å²) in [5.74, 6) is -0.766. The van der Waals surface area contributed by atoms with Crippen molar-refractivity contribution in [1.82, 2.24) is 0 Å². The minimum atomic E-state index is -0.424. The molecule has 0 amide bonds. The highest BCUT2D eigenvalue weighted by Gasteiger charge is 2.49. The highest BCUT2D eigenvalue weighted by molar-refractivity contribution is 6.09. The normalized spacial score (nSPS) is 26.4. The van der Waals surface area contributed by atoms with E-state index in [1.807, 2.05) is 0 Å². The van der Waals surface area contributed by atoms with Crippen molar-refractivity contribution in [1.29, 1.82) is 0 Å². The maximum absolute atomic E-state index is 11.2. The summed E-state index contributed by atoms with van der Waals surface area (Å²) in [5, 5.41) is 0. The second-order valence-corrected chi connectivity index (χ2v) is 5.26. The minimum Gasteiger partial charge on any atom is -0.392 e. The molecule has 1 aliphatic carbocycles.